The number of hydrogen-bond donors (Lipinski definition) is 1. The van der Waals surface area contributed by atoms with E-state index in [4.69, 9.17) is 5.73 Å². The maximum Gasteiger partial charge on any atom is 0.144 e. The minimum atomic E-state index is 0.479. The highest BCUT2D eigenvalue weighted by molar-refractivity contribution is 7.13. The van der Waals surface area contributed by atoms with Gasteiger partial charge in [-0.25, -0.2) is 4.98 Å². The Morgan fingerprint density at radius 2 is 2.42 bits per heavy atom. The van der Waals surface area contributed by atoms with Gasteiger partial charge in [0.15, 0.2) is 0 Å². The van der Waals surface area contributed by atoms with Crippen molar-refractivity contribution in [1.82, 2.24) is 14.6 Å². The van der Waals surface area contributed by atoms with E-state index in [1.807, 2.05) is 5.38 Å². The van der Waals surface area contributed by atoms with Crippen LogP contribution in [0.1, 0.15) is 4.88 Å². The Bertz CT molecular complexity index is 353. The zero-order valence-corrected chi connectivity index (χ0v) is 7.73. The van der Waals surface area contributed by atoms with Crippen molar-refractivity contribution in [2.24, 2.45) is 5.73 Å². The number of nitrogens with two attached hydrogens (primary N) is 1. The Morgan fingerprint density at radius 3 is 3.08 bits per heavy atom. The minimum absolute atomic E-state index is 0.479. The third kappa shape index (κ3) is 1.24. The van der Waals surface area contributed by atoms with E-state index in [9.17, 15) is 0 Å². The average Bonchev–Trinajstić information content (AvgIpc) is 2.74. The average molecular weight is 198 g/mol. The fourth-order valence-corrected chi connectivity index (χ4v) is 2.08. The van der Waals surface area contributed by atoms with Gasteiger partial charge in [0.05, 0.1) is 4.88 Å². The Hall–Kier alpha value is -0.850. The van der Waals surface area contributed by atoms with Gasteiger partial charge in [-0.2, -0.15) is 0 Å². The molecule has 2 aromatic heterocycles. The SMILES string of the molecule is NCc1snnc1-c1nccs1. The van der Waals surface area contributed by atoms with Gasteiger partial charge < -0.3 is 5.73 Å². The molecule has 0 saturated carbocycles. The summed E-state index contributed by atoms with van der Waals surface area (Å²) in [6.07, 6.45) is 1.75. The van der Waals surface area contributed by atoms with E-state index in [1.165, 1.54) is 11.5 Å². The van der Waals surface area contributed by atoms with Crippen LogP contribution in [0.5, 0.6) is 0 Å². The summed E-state index contributed by atoms with van der Waals surface area (Å²) in [6.45, 7) is 0.479. The van der Waals surface area contributed by atoms with Crippen LogP contribution in [0.25, 0.3) is 10.7 Å². The van der Waals surface area contributed by atoms with E-state index >= 15 is 0 Å². The highest BCUT2D eigenvalue weighted by Crippen LogP contribution is 2.24. The Labute approximate surface area is 77.2 Å². The van der Waals surface area contributed by atoms with Gasteiger partial charge in [0.25, 0.3) is 0 Å². The van der Waals surface area contributed by atoms with Crippen molar-refractivity contribution in [2.75, 3.05) is 0 Å². The Morgan fingerprint density at radius 1 is 1.50 bits per heavy atom. The van der Waals surface area contributed by atoms with Crippen molar-refractivity contribution in [1.29, 1.82) is 0 Å². The zero-order chi connectivity index (χ0) is 8.39. The van der Waals surface area contributed by atoms with Crippen molar-refractivity contribution >= 4 is 22.9 Å². The first-order valence-corrected chi connectivity index (χ1v) is 4.98. The molecule has 0 radical (unpaired) electrons. The van der Waals surface area contributed by atoms with E-state index in [2.05, 4.69) is 14.6 Å². The van der Waals surface area contributed by atoms with Crippen LogP contribution in [0.3, 0.4) is 0 Å². The Balaban J connectivity index is 2.46. The molecule has 2 heterocycles. The fraction of sp³-hybridized carbons (Fsp3) is 0.167. The van der Waals surface area contributed by atoms with E-state index in [0.29, 0.717) is 6.54 Å². The maximum absolute atomic E-state index is 5.51. The third-order valence-electron chi connectivity index (χ3n) is 1.38. The monoisotopic (exact) mass is 198 g/mol. The number of rotatable bonds is 2. The van der Waals surface area contributed by atoms with Gasteiger partial charge in [-0.15, -0.1) is 16.4 Å². The number of hydrogen-bond acceptors (Lipinski definition) is 6. The van der Waals surface area contributed by atoms with Crippen molar-refractivity contribution in [3.63, 3.8) is 0 Å². The lowest BCUT2D eigenvalue weighted by Gasteiger charge is -1.90. The lowest BCUT2D eigenvalue weighted by molar-refractivity contribution is 1.08. The molecule has 0 amide bonds. The summed E-state index contributed by atoms with van der Waals surface area (Å²) in [6, 6.07) is 0. The van der Waals surface area contributed by atoms with Gasteiger partial charge in [0.2, 0.25) is 0 Å². The van der Waals surface area contributed by atoms with Gasteiger partial charge in [0, 0.05) is 18.1 Å². The van der Waals surface area contributed by atoms with Crippen molar-refractivity contribution in [2.45, 2.75) is 6.54 Å². The number of nitrogens with zero attached hydrogens (tertiary/aromatic N) is 3. The van der Waals surface area contributed by atoms with Crippen molar-refractivity contribution in [3.8, 4) is 10.7 Å². The zero-order valence-electron chi connectivity index (χ0n) is 6.10. The normalized spacial score (nSPS) is 10.4. The highest BCUT2D eigenvalue weighted by atomic mass is 32.1. The quantitative estimate of drug-likeness (QED) is 0.785. The summed E-state index contributed by atoms with van der Waals surface area (Å²) in [5.41, 5.74) is 6.34. The molecule has 0 unspecified atom stereocenters. The first kappa shape index (κ1) is 7.78. The molecule has 12 heavy (non-hydrogen) atoms. The van der Waals surface area contributed by atoms with Crippen LogP contribution >= 0.6 is 22.9 Å². The standard InChI is InChI=1S/C6H6N4S2/c7-3-4-5(9-10-12-4)6-8-1-2-11-6/h1-2H,3,7H2. The van der Waals surface area contributed by atoms with Crippen LogP contribution in [0, 0.1) is 0 Å². The second kappa shape index (κ2) is 3.26. The summed E-state index contributed by atoms with van der Waals surface area (Å²) in [5.74, 6) is 0. The molecule has 0 aliphatic heterocycles. The fourth-order valence-electron chi connectivity index (χ4n) is 0.846. The summed E-state index contributed by atoms with van der Waals surface area (Å²) in [4.78, 5) is 5.13. The summed E-state index contributed by atoms with van der Waals surface area (Å²) in [7, 11) is 0. The summed E-state index contributed by atoms with van der Waals surface area (Å²) < 4.78 is 3.83. The largest absolute Gasteiger partial charge is 0.326 e. The van der Waals surface area contributed by atoms with E-state index in [0.717, 1.165) is 15.6 Å². The molecular weight excluding hydrogens is 192 g/mol. The second-order valence-corrected chi connectivity index (χ2v) is 3.82. The molecule has 62 valence electrons. The molecule has 0 aromatic carbocycles. The molecular formula is C6H6N4S2. The molecule has 2 N–H and O–H groups in total. The van der Waals surface area contributed by atoms with Gasteiger partial charge >= 0.3 is 0 Å². The van der Waals surface area contributed by atoms with Crippen LogP contribution in [-0.2, 0) is 6.54 Å². The molecule has 0 spiro atoms. The van der Waals surface area contributed by atoms with Crippen molar-refractivity contribution in [3.05, 3.63) is 16.5 Å². The Kier molecular flexibility index (Phi) is 2.11. The van der Waals surface area contributed by atoms with E-state index in [1.54, 1.807) is 17.5 Å². The van der Waals surface area contributed by atoms with Crippen LogP contribution in [0.4, 0.5) is 0 Å². The van der Waals surface area contributed by atoms with Gasteiger partial charge in [-0.3, -0.25) is 0 Å². The molecule has 0 aliphatic rings. The van der Waals surface area contributed by atoms with Crippen LogP contribution in [0.2, 0.25) is 0 Å². The second-order valence-electron chi connectivity index (χ2n) is 2.09. The lowest BCUT2D eigenvalue weighted by atomic mass is 10.4. The van der Waals surface area contributed by atoms with Crippen molar-refractivity contribution < 1.29 is 0 Å². The van der Waals surface area contributed by atoms with Gasteiger partial charge in [0.1, 0.15) is 10.7 Å². The van der Waals surface area contributed by atoms with Gasteiger partial charge in [-0.05, 0) is 11.5 Å². The molecule has 0 atom stereocenters. The topological polar surface area (TPSA) is 64.7 Å². The van der Waals surface area contributed by atoms with E-state index < -0.39 is 0 Å². The molecule has 2 rings (SSSR count). The van der Waals surface area contributed by atoms with Crippen LogP contribution in [0.15, 0.2) is 11.6 Å². The van der Waals surface area contributed by atoms with E-state index in [-0.39, 0.29) is 0 Å². The molecule has 0 bridgehead atoms. The first-order chi connectivity index (χ1) is 5.92. The summed E-state index contributed by atoms with van der Waals surface area (Å²) >= 11 is 2.88. The van der Waals surface area contributed by atoms with Crippen LogP contribution < -0.4 is 5.73 Å². The molecule has 6 heteroatoms. The first-order valence-electron chi connectivity index (χ1n) is 3.33. The van der Waals surface area contributed by atoms with Crippen LogP contribution in [-0.4, -0.2) is 14.6 Å². The maximum atomic E-state index is 5.51. The lowest BCUT2D eigenvalue weighted by Crippen LogP contribution is -1.95. The third-order valence-corrected chi connectivity index (χ3v) is 2.90. The predicted octanol–water partition coefficient (Wildman–Crippen LogP) is 1.12. The number of aromatic nitrogens is 3. The minimum Gasteiger partial charge on any atom is -0.326 e. The molecule has 0 aliphatic carbocycles. The molecule has 4 nitrogen and oxygen atoms in total. The summed E-state index contributed by atoms with van der Waals surface area (Å²) in [5, 5.41) is 6.77. The number of thiazole rings is 1. The highest BCUT2D eigenvalue weighted by Gasteiger charge is 2.10. The smallest absolute Gasteiger partial charge is 0.144 e. The predicted molar refractivity (Wildman–Crippen MR) is 48.9 cm³/mol. The molecule has 0 saturated heterocycles. The molecule has 2 aromatic rings. The molecule has 0 fully saturated rings. The van der Waals surface area contributed by atoms with Gasteiger partial charge in [-0.1, -0.05) is 4.49 Å².